The van der Waals surface area contributed by atoms with Gasteiger partial charge in [0.15, 0.2) is 5.13 Å². The zero-order chi connectivity index (χ0) is 26.5. The third-order valence-corrected chi connectivity index (χ3v) is 5.75. The first-order valence-corrected chi connectivity index (χ1v) is 12.2. The Morgan fingerprint density at radius 3 is 2.39 bits per heavy atom. The monoisotopic (exact) mass is 531 g/mol. The summed E-state index contributed by atoms with van der Waals surface area (Å²) in [5.41, 5.74) is 1.84. The van der Waals surface area contributed by atoms with Gasteiger partial charge in [0.1, 0.15) is 10.8 Å². The number of aryl methyl sites for hydroxylation is 1. The Bertz CT molecular complexity index is 1260. The van der Waals surface area contributed by atoms with Gasteiger partial charge in [-0.3, -0.25) is 15.0 Å². The minimum absolute atomic E-state index is 0.104. The maximum Gasteiger partial charge on any atom is 0.413 e. The number of carbonyl (C=O) groups is 3. The third kappa shape index (κ3) is 7.65. The highest BCUT2D eigenvalue weighted by Gasteiger charge is 2.19. The van der Waals surface area contributed by atoms with E-state index in [9.17, 15) is 19.5 Å². The molecule has 0 unspecified atom stereocenters. The number of anilines is 3. The van der Waals surface area contributed by atoms with Crippen LogP contribution in [0.3, 0.4) is 0 Å². The Morgan fingerprint density at radius 1 is 1.08 bits per heavy atom. The molecule has 2 heterocycles. The molecule has 1 aromatic carbocycles. The molecule has 10 nitrogen and oxygen atoms in total. The number of pyridine rings is 1. The highest BCUT2D eigenvalue weighted by atomic mass is 35.5. The van der Waals surface area contributed by atoms with E-state index >= 15 is 0 Å². The lowest BCUT2D eigenvalue weighted by atomic mass is 10.2. The van der Waals surface area contributed by atoms with Crippen molar-refractivity contribution in [3.05, 3.63) is 63.9 Å². The third-order valence-electron chi connectivity index (χ3n) is 4.65. The maximum atomic E-state index is 12.5. The number of nitrogens with zero attached hydrogens (tertiary/aromatic N) is 3. The van der Waals surface area contributed by atoms with Gasteiger partial charge in [0.2, 0.25) is 0 Å². The minimum atomic E-state index is -1.13. The Kier molecular flexibility index (Phi) is 8.49. The Morgan fingerprint density at radius 2 is 1.78 bits per heavy atom. The van der Waals surface area contributed by atoms with Crippen molar-refractivity contribution in [3.63, 3.8) is 0 Å². The topological polar surface area (TPSA) is 134 Å². The van der Waals surface area contributed by atoms with Crippen LogP contribution in [0.15, 0.2) is 41.8 Å². The summed E-state index contributed by atoms with van der Waals surface area (Å²) in [6.07, 6.45) is -1.41. The van der Waals surface area contributed by atoms with Gasteiger partial charge in [-0.1, -0.05) is 11.6 Å². The van der Waals surface area contributed by atoms with Crippen LogP contribution < -0.4 is 15.5 Å². The predicted molar refractivity (Wildman–Crippen MR) is 139 cm³/mol. The Hall–Kier alpha value is -3.70. The molecule has 0 aliphatic heterocycles. The number of carbonyl (C=O) groups excluding carboxylic acids is 2. The van der Waals surface area contributed by atoms with Gasteiger partial charge in [0.25, 0.3) is 5.91 Å². The number of hydrogen-bond donors (Lipinski definition) is 3. The zero-order valence-corrected chi connectivity index (χ0v) is 21.7. The van der Waals surface area contributed by atoms with E-state index in [-0.39, 0.29) is 17.3 Å². The molecular formula is C24H26ClN5O5S. The summed E-state index contributed by atoms with van der Waals surface area (Å²) in [7, 11) is 0. The van der Waals surface area contributed by atoms with E-state index in [4.69, 9.17) is 16.3 Å². The quantitative estimate of drug-likeness (QED) is 0.327. The molecule has 0 saturated carbocycles. The molecular weight excluding hydrogens is 506 g/mol. The van der Waals surface area contributed by atoms with Crippen LogP contribution in [0.2, 0.25) is 5.15 Å². The lowest BCUT2D eigenvalue weighted by Gasteiger charge is -2.19. The standard InChI is InChI=1S/C24H26ClN5O5S/c1-14-5-10-18(19(25)26-14)20(31)27-15-6-8-17(9-7-15)30(23(33)34)12-11-16-13-36-21(28-16)29-22(32)35-24(2,3)4/h5-10,13H,11-12H2,1-4H3,(H,27,31)(H,33,34)(H,28,29,32). The number of rotatable bonds is 7. The molecule has 0 spiro atoms. The van der Waals surface area contributed by atoms with Crippen molar-refractivity contribution in [3.8, 4) is 0 Å². The minimum Gasteiger partial charge on any atom is -0.465 e. The van der Waals surface area contributed by atoms with Gasteiger partial charge in [-0.25, -0.2) is 19.6 Å². The molecule has 0 radical (unpaired) electrons. The fraction of sp³-hybridized carbons (Fsp3) is 0.292. The number of halogens is 1. The normalized spacial score (nSPS) is 11.0. The van der Waals surface area contributed by atoms with Crippen LogP contribution in [0, 0.1) is 6.92 Å². The van der Waals surface area contributed by atoms with Crippen molar-refractivity contribution in [1.82, 2.24) is 9.97 Å². The second kappa shape index (κ2) is 11.4. The second-order valence-electron chi connectivity index (χ2n) is 8.75. The highest BCUT2D eigenvalue weighted by Crippen LogP contribution is 2.22. The van der Waals surface area contributed by atoms with Crippen LogP contribution in [-0.4, -0.2) is 45.3 Å². The number of amides is 3. The van der Waals surface area contributed by atoms with E-state index < -0.39 is 23.7 Å². The molecule has 3 aromatic rings. The first-order valence-electron chi connectivity index (χ1n) is 10.9. The van der Waals surface area contributed by atoms with Gasteiger partial charge in [0.05, 0.1) is 11.3 Å². The molecule has 0 saturated heterocycles. The lowest BCUT2D eigenvalue weighted by molar-refractivity contribution is 0.0635. The molecule has 0 bridgehead atoms. The van der Waals surface area contributed by atoms with Gasteiger partial charge in [0, 0.05) is 35.4 Å². The average molecular weight is 532 g/mol. The van der Waals surface area contributed by atoms with E-state index in [1.807, 2.05) is 0 Å². The summed E-state index contributed by atoms with van der Waals surface area (Å²) in [5, 5.41) is 17.2. The summed E-state index contributed by atoms with van der Waals surface area (Å²) >= 11 is 7.28. The van der Waals surface area contributed by atoms with Crippen LogP contribution in [0.1, 0.15) is 42.5 Å². The van der Waals surface area contributed by atoms with Crippen LogP contribution in [-0.2, 0) is 11.2 Å². The molecule has 36 heavy (non-hydrogen) atoms. The van der Waals surface area contributed by atoms with Crippen molar-refractivity contribution >= 4 is 57.5 Å². The van der Waals surface area contributed by atoms with E-state index in [0.717, 1.165) is 0 Å². The fourth-order valence-electron chi connectivity index (χ4n) is 3.05. The number of carboxylic acid groups (broad SMARTS) is 1. The van der Waals surface area contributed by atoms with Crippen molar-refractivity contribution in [1.29, 1.82) is 0 Å². The van der Waals surface area contributed by atoms with Crippen molar-refractivity contribution < 1.29 is 24.2 Å². The van der Waals surface area contributed by atoms with Crippen LogP contribution in [0.4, 0.5) is 26.1 Å². The zero-order valence-electron chi connectivity index (χ0n) is 20.2. The molecule has 3 rings (SSSR count). The Labute approximate surface area is 217 Å². The SMILES string of the molecule is Cc1ccc(C(=O)Nc2ccc(N(CCc3csc(NC(=O)OC(C)(C)C)n3)C(=O)O)cc2)c(Cl)n1. The summed E-state index contributed by atoms with van der Waals surface area (Å²) in [6.45, 7) is 7.20. The molecule has 12 heteroatoms. The second-order valence-corrected chi connectivity index (χ2v) is 9.96. The molecule has 0 aliphatic rings. The van der Waals surface area contributed by atoms with Crippen molar-refractivity contribution in [2.45, 2.75) is 39.7 Å². The van der Waals surface area contributed by atoms with E-state index in [0.29, 0.717) is 34.3 Å². The van der Waals surface area contributed by atoms with Crippen molar-refractivity contribution in [2.24, 2.45) is 0 Å². The first kappa shape index (κ1) is 26.9. The number of benzene rings is 1. The molecule has 3 amide bonds. The lowest BCUT2D eigenvalue weighted by Crippen LogP contribution is -2.31. The largest absolute Gasteiger partial charge is 0.465 e. The van der Waals surface area contributed by atoms with E-state index in [1.54, 1.807) is 69.5 Å². The molecule has 0 atom stereocenters. The average Bonchev–Trinajstić information content (AvgIpc) is 3.20. The Balaban J connectivity index is 1.60. The molecule has 190 valence electrons. The summed E-state index contributed by atoms with van der Waals surface area (Å²) < 4.78 is 5.20. The van der Waals surface area contributed by atoms with Gasteiger partial charge in [-0.15, -0.1) is 11.3 Å². The van der Waals surface area contributed by atoms with Gasteiger partial charge < -0.3 is 15.2 Å². The van der Waals surface area contributed by atoms with Crippen molar-refractivity contribution in [2.75, 3.05) is 22.1 Å². The number of aromatic nitrogens is 2. The molecule has 0 fully saturated rings. The van der Waals surface area contributed by atoms with E-state index in [1.165, 1.54) is 16.2 Å². The number of nitrogens with one attached hydrogen (secondary N) is 2. The summed E-state index contributed by atoms with van der Waals surface area (Å²) in [4.78, 5) is 45.8. The first-order chi connectivity index (χ1) is 16.9. The van der Waals surface area contributed by atoms with Crippen LogP contribution in [0.5, 0.6) is 0 Å². The predicted octanol–water partition coefficient (Wildman–Crippen LogP) is 5.83. The van der Waals surface area contributed by atoms with Gasteiger partial charge in [-0.2, -0.15) is 0 Å². The van der Waals surface area contributed by atoms with Gasteiger partial charge >= 0.3 is 12.2 Å². The fourth-order valence-corrected chi connectivity index (χ4v) is 4.06. The highest BCUT2D eigenvalue weighted by molar-refractivity contribution is 7.13. The van der Waals surface area contributed by atoms with Gasteiger partial charge in [-0.05, 0) is 64.1 Å². The van der Waals surface area contributed by atoms with Crippen LogP contribution >= 0.6 is 22.9 Å². The summed E-state index contributed by atoms with van der Waals surface area (Å²) in [6, 6.07) is 9.67. The molecule has 3 N–H and O–H groups in total. The maximum absolute atomic E-state index is 12.5. The summed E-state index contributed by atoms with van der Waals surface area (Å²) in [5.74, 6) is -0.422. The number of hydrogen-bond acceptors (Lipinski definition) is 7. The smallest absolute Gasteiger partial charge is 0.413 e. The van der Waals surface area contributed by atoms with Crippen LogP contribution in [0.25, 0.3) is 0 Å². The van der Waals surface area contributed by atoms with E-state index in [2.05, 4.69) is 20.6 Å². The number of thiazole rings is 1. The number of ether oxygens (including phenoxy) is 1. The molecule has 0 aliphatic carbocycles. The molecule has 2 aromatic heterocycles.